The van der Waals surface area contributed by atoms with Crippen molar-refractivity contribution in [1.29, 1.82) is 0 Å². The van der Waals surface area contributed by atoms with Gasteiger partial charge in [0.05, 0.1) is 11.1 Å². The summed E-state index contributed by atoms with van der Waals surface area (Å²) in [7, 11) is -4.94. The molecule has 3 rings (SSSR count). The van der Waals surface area contributed by atoms with Crippen molar-refractivity contribution >= 4 is 0 Å². The van der Waals surface area contributed by atoms with Crippen LogP contribution in [-0.2, 0) is 0 Å². The van der Waals surface area contributed by atoms with Gasteiger partial charge in [0.15, 0.2) is 0 Å². The van der Waals surface area contributed by atoms with E-state index in [0.29, 0.717) is 0 Å². The van der Waals surface area contributed by atoms with E-state index in [1.165, 1.54) is 5.56 Å². The van der Waals surface area contributed by atoms with Gasteiger partial charge in [0.25, 0.3) is 0 Å². The standard InChI is InChI=1S/C17H13O.ClHO4/c1-3-7-14(8-4-1)16-11-12-17(18-13-16)15-9-5-2-6-10-15;2-1(3,4)5/h1-13H;(H,2,3,4,5)/q+1;/p-1. The first-order valence-corrected chi connectivity index (χ1v) is 7.81. The predicted octanol–water partition coefficient (Wildman–Crippen LogP) is 0.139. The highest BCUT2D eigenvalue weighted by Crippen LogP contribution is 2.24. The van der Waals surface area contributed by atoms with Crippen molar-refractivity contribution in [3.05, 3.63) is 79.1 Å². The molecule has 23 heavy (non-hydrogen) atoms. The second kappa shape index (κ2) is 7.82. The van der Waals surface area contributed by atoms with Crippen LogP contribution in [0.25, 0.3) is 22.5 Å². The van der Waals surface area contributed by atoms with E-state index in [1.54, 1.807) is 6.26 Å². The number of halogens is 1. The summed E-state index contributed by atoms with van der Waals surface area (Å²) in [5, 5.41) is 0. The van der Waals surface area contributed by atoms with Gasteiger partial charge in [-0.2, -0.15) is 0 Å². The smallest absolute Gasteiger partial charge is 0.222 e. The number of benzene rings is 2. The Hall–Kier alpha value is -2.28. The third-order valence-corrected chi connectivity index (χ3v) is 2.89. The Morgan fingerprint density at radius 1 is 0.565 bits per heavy atom. The molecule has 0 radical (unpaired) electrons. The van der Waals surface area contributed by atoms with E-state index in [9.17, 15) is 0 Å². The van der Waals surface area contributed by atoms with E-state index < -0.39 is 10.2 Å². The highest BCUT2D eigenvalue weighted by molar-refractivity contribution is 5.65. The van der Waals surface area contributed by atoms with E-state index in [2.05, 4.69) is 18.2 Å². The molecule has 0 aliphatic rings. The van der Waals surface area contributed by atoms with Crippen LogP contribution < -0.4 is 18.6 Å². The normalized spacial score (nSPS) is 10.6. The summed E-state index contributed by atoms with van der Waals surface area (Å²) in [6.07, 6.45) is 1.80. The van der Waals surface area contributed by atoms with Crippen molar-refractivity contribution in [2.75, 3.05) is 0 Å². The quantitative estimate of drug-likeness (QED) is 0.621. The highest BCUT2D eigenvalue weighted by Gasteiger charge is 2.11. The second-order valence-electron chi connectivity index (χ2n) is 4.50. The molecule has 0 amide bonds. The van der Waals surface area contributed by atoms with Gasteiger partial charge in [0, 0.05) is 6.07 Å². The molecule has 0 atom stereocenters. The molecule has 6 heteroatoms. The SMILES string of the molecule is [O-][Cl+3]([O-])([O-])[O-].c1ccc(-c2ccc(-c3ccccc3)[o+]c2)cc1. The van der Waals surface area contributed by atoms with Crippen LogP contribution >= 0.6 is 0 Å². The molecular weight excluding hydrogens is 320 g/mol. The Balaban J connectivity index is 0.000000338. The number of hydrogen-bond acceptors (Lipinski definition) is 4. The Morgan fingerprint density at radius 3 is 1.48 bits per heavy atom. The van der Waals surface area contributed by atoms with Crippen molar-refractivity contribution < 1.29 is 33.3 Å². The monoisotopic (exact) mass is 332 g/mol. The first kappa shape index (κ1) is 17.1. The third-order valence-electron chi connectivity index (χ3n) is 2.89. The van der Waals surface area contributed by atoms with Gasteiger partial charge in [0.2, 0.25) is 0 Å². The zero-order valence-electron chi connectivity index (χ0n) is 11.9. The fraction of sp³-hybridized carbons (Fsp3) is 0. The molecule has 0 saturated carbocycles. The molecule has 5 nitrogen and oxygen atoms in total. The van der Waals surface area contributed by atoms with Crippen LogP contribution in [0.1, 0.15) is 0 Å². The lowest BCUT2D eigenvalue weighted by molar-refractivity contribution is -2.00. The molecule has 0 saturated heterocycles. The van der Waals surface area contributed by atoms with Crippen molar-refractivity contribution in [3.63, 3.8) is 0 Å². The summed E-state index contributed by atoms with van der Waals surface area (Å²) in [6.45, 7) is 0. The summed E-state index contributed by atoms with van der Waals surface area (Å²) >= 11 is 0. The molecule has 1 aromatic heterocycles. The lowest BCUT2D eigenvalue weighted by Crippen LogP contribution is -2.68. The lowest BCUT2D eigenvalue weighted by atomic mass is 10.1. The summed E-state index contributed by atoms with van der Waals surface area (Å²) < 4.78 is 39.7. The maximum Gasteiger partial charge on any atom is 0.359 e. The molecule has 118 valence electrons. The topological polar surface area (TPSA) is 104 Å². The van der Waals surface area contributed by atoms with Crippen molar-refractivity contribution in [3.8, 4) is 22.5 Å². The first-order chi connectivity index (χ1) is 10.9. The molecule has 0 unspecified atom stereocenters. The molecule has 3 aromatic rings. The van der Waals surface area contributed by atoms with Crippen LogP contribution in [0.4, 0.5) is 0 Å². The van der Waals surface area contributed by atoms with E-state index in [0.717, 1.165) is 16.9 Å². The van der Waals surface area contributed by atoms with Crippen molar-refractivity contribution in [1.82, 2.24) is 0 Å². The maximum absolute atomic E-state index is 8.49. The van der Waals surface area contributed by atoms with Gasteiger partial charge in [0.1, 0.15) is 0 Å². The van der Waals surface area contributed by atoms with Crippen molar-refractivity contribution in [2.24, 2.45) is 0 Å². The van der Waals surface area contributed by atoms with Crippen LogP contribution in [0.2, 0.25) is 0 Å². The van der Waals surface area contributed by atoms with Gasteiger partial charge in [-0.15, -0.1) is 10.2 Å². The Kier molecular flexibility index (Phi) is 5.81. The van der Waals surface area contributed by atoms with E-state index in [-0.39, 0.29) is 0 Å². The average molecular weight is 333 g/mol. The summed E-state index contributed by atoms with van der Waals surface area (Å²) in [5.74, 6) is 0.885. The van der Waals surface area contributed by atoms with Crippen LogP contribution in [0.15, 0.2) is 83.5 Å². The summed E-state index contributed by atoms with van der Waals surface area (Å²) in [6, 6.07) is 24.4. The van der Waals surface area contributed by atoms with Crippen LogP contribution in [0.5, 0.6) is 0 Å². The van der Waals surface area contributed by atoms with Gasteiger partial charge in [-0.3, -0.25) is 0 Å². The van der Waals surface area contributed by atoms with Gasteiger partial charge in [-0.25, -0.2) is 23.1 Å². The first-order valence-electron chi connectivity index (χ1n) is 6.58. The Bertz CT molecular complexity index is 645. The van der Waals surface area contributed by atoms with Crippen LogP contribution in [0, 0.1) is 10.2 Å². The molecule has 0 fully saturated rings. The molecule has 0 N–H and O–H groups in total. The largest absolute Gasteiger partial charge is 0.359 e. The van der Waals surface area contributed by atoms with Gasteiger partial charge in [-0.05, 0) is 23.8 Å². The highest BCUT2D eigenvalue weighted by atomic mass is 35.7. The van der Waals surface area contributed by atoms with Gasteiger partial charge in [-0.1, -0.05) is 48.5 Å². The molecule has 1 heterocycles. The summed E-state index contributed by atoms with van der Waals surface area (Å²) in [4.78, 5) is 0. The molecule has 0 aliphatic heterocycles. The van der Waals surface area contributed by atoms with Gasteiger partial charge < -0.3 is 0 Å². The Labute approximate surface area is 135 Å². The fourth-order valence-electron chi connectivity index (χ4n) is 1.93. The number of rotatable bonds is 2. The minimum absolute atomic E-state index is 0.885. The van der Waals surface area contributed by atoms with Crippen LogP contribution in [-0.4, -0.2) is 0 Å². The van der Waals surface area contributed by atoms with E-state index >= 15 is 0 Å². The minimum Gasteiger partial charge on any atom is -0.222 e. The fourth-order valence-corrected chi connectivity index (χ4v) is 1.93. The summed E-state index contributed by atoms with van der Waals surface area (Å²) in [5.41, 5.74) is 3.35. The predicted molar refractivity (Wildman–Crippen MR) is 74.0 cm³/mol. The molecule has 0 aliphatic carbocycles. The molecule has 0 spiro atoms. The minimum atomic E-state index is -4.94. The molecule has 2 aromatic carbocycles. The zero-order chi connectivity index (χ0) is 16.7. The second-order valence-corrected chi connectivity index (χ2v) is 5.25. The Morgan fingerprint density at radius 2 is 1.04 bits per heavy atom. The zero-order valence-corrected chi connectivity index (χ0v) is 12.7. The van der Waals surface area contributed by atoms with E-state index in [4.69, 9.17) is 23.1 Å². The van der Waals surface area contributed by atoms with Crippen molar-refractivity contribution in [2.45, 2.75) is 0 Å². The van der Waals surface area contributed by atoms with E-state index in [1.807, 2.05) is 54.6 Å². The van der Waals surface area contributed by atoms with Crippen LogP contribution in [0.3, 0.4) is 0 Å². The number of hydrogen-bond donors (Lipinski definition) is 0. The molecule has 0 bridgehead atoms. The van der Waals surface area contributed by atoms with Gasteiger partial charge >= 0.3 is 12.0 Å². The molecular formula is C17H13ClO5. The third kappa shape index (κ3) is 6.15. The average Bonchev–Trinajstić information content (AvgIpc) is 2.55. The maximum atomic E-state index is 8.49. The lowest BCUT2D eigenvalue weighted by Gasteiger charge is -2.17.